The molecule has 1 aromatic heterocycles. The quantitative estimate of drug-likeness (QED) is 0.850. The van der Waals surface area contributed by atoms with Gasteiger partial charge in [0.2, 0.25) is 5.91 Å². The molecular formula is C15H25ClN2O3S. The van der Waals surface area contributed by atoms with Crippen LogP contribution in [0, 0.1) is 5.92 Å². The molecule has 4 unspecified atom stereocenters. The zero-order valence-corrected chi connectivity index (χ0v) is 14.6. The second kappa shape index (κ2) is 8.84. The minimum Gasteiger partial charge on any atom is -0.387 e. The number of aliphatic hydroxyl groups excluding tert-OH is 1. The van der Waals surface area contributed by atoms with Crippen molar-refractivity contribution < 1.29 is 14.6 Å². The van der Waals surface area contributed by atoms with E-state index in [1.165, 1.54) is 11.3 Å². The van der Waals surface area contributed by atoms with Crippen LogP contribution in [0.25, 0.3) is 0 Å². The molecule has 0 aliphatic carbocycles. The lowest BCUT2D eigenvalue weighted by atomic mass is 9.99. The maximum absolute atomic E-state index is 12.5. The molecule has 0 saturated carbocycles. The molecule has 0 aromatic carbocycles. The van der Waals surface area contributed by atoms with Gasteiger partial charge in [-0.2, -0.15) is 0 Å². The Balaban J connectivity index is 0.00000242. The number of aliphatic hydroxyl groups is 1. The number of carbonyl (C=O) groups is 1. The third-order valence-corrected chi connectivity index (χ3v) is 5.03. The highest BCUT2D eigenvalue weighted by molar-refractivity contribution is 7.10. The molecule has 1 fully saturated rings. The van der Waals surface area contributed by atoms with Gasteiger partial charge in [-0.3, -0.25) is 4.79 Å². The van der Waals surface area contributed by atoms with E-state index in [1.807, 2.05) is 36.3 Å². The second-order valence-electron chi connectivity index (χ2n) is 5.68. The summed E-state index contributed by atoms with van der Waals surface area (Å²) in [6, 6.07) is 3.56. The van der Waals surface area contributed by atoms with E-state index < -0.39 is 6.10 Å². The third-order valence-electron chi connectivity index (χ3n) is 4.06. The van der Waals surface area contributed by atoms with Crippen molar-refractivity contribution in [2.75, 3.05) is 19.8 Å². The van der Waals surface area contributed by atoms with Gasteiger partial charge >= 0.3 is 0 Å². The lowest BCUT2D eigenvalue weighted by Crippen LogP contribution is -2.52. The predicted molar refractivity (Wildman–Crippen MR) is 90.3 cm³/mol. The lowest BCUT2D eigenvalue weighted by Gasteiger charge is -2.38. The Bertz CT molecular complexity index is 456. The highest BCUT2D eigenvalue weighted by Gasteiger charge is 2.32. The molecule has 4 atom stereocenters. The van der Waals surface area contributed by atoms with Crippen LogP contribution in [0.3, 0.4) is 0 Å². The Morgan fingerprint density at radius 3 is 2.91 bits per heavy atom. The molecule has 3 N–H and O–H groups in total. The Morgan fingerprint density at radius 2 is 2.32 bits per heavy atom. The largest absolute Gasteiger partial charge is 0.387 e. The summed E-state index contributed by atoms with van der Waals surface area (Å²) in [6.45, 7) is 5.29. The molecule has 1 aromatic rings. The first kappa shape index (κ1) is 19.4. The molecule has 1 aliphatic rings. The van der Waals surface area contributed by atoms with E-state index in [-0.39, 0.29) is 36.3 Å². The van der Waals surface area contributed by atoms with Crippen molar-refractivity contribution in [3.05, 3.63) is 22.4 Å². The number of halogens is 1. The van der Waals surface area contributed by atoms with E-state index in [4.69, 9.17) is 10.5 Å². The standard InChI is InChI=1S/C15H24N2O3S.ClH/c1-10(11(2)16)15(19)17-5-6-20-9-12(17)8-13(18)14-4-3-7-21-14;/h3-4,7,10-13,18H,5-6,8-9,16H2,1-2H3;1H. The van der Waals surface area contributed by atoms with Gasteiger partial charge in [0, 0.05) is 23.9 Å². The first-order chi connectivity index (χ1) is 10.0. The number of morpholine rings is 1. The molecule has 1 amide bonds. The molecule has 1 aliphatic heterocycles. The van der Waals surface area contributed by atoms with Gasteiger partial charge in [-0.05, 0) is 18.4 Å². The summed E-state index contributed by atoms with van der Waals surface area (Å²) in [6.07, 6.45) is -0.0598. The molecule has 0 bridgehead atoms. The van der Waals surface area contributed by atoms with Crippen molar-refractivity contribution in [2.45, 2.75) is 38.5 Å². The zero-order chi connectivity index (χ0) is 15.4. The molecule has 0 spiro atoms. The molecular weight excluding hydrogens is 324 g/mol. The fraction of sp³-hybridized carbons (Fsp3) is 0.667. The summed E-state index contributed by atoms with van der Waals surface area (Å²) in [4.78, 5) is 15.3. The normalized spacial score (nSPS) is 22.5. The highest BCUT2D eigenvalue weighted by Crippen LogP contribution is 2.26. The summed E-state index contributed by atoms with van der Waals surface area (Å²) >= 11 is 1.53. The van der Waals surface area contributed by atoms with Crippen LogP contribution in [0.1, 0.15) is 31.2 Å². The Kier molecular flexibility index (Phi) is 7.79. The summed E-state index contributed by atoms with van der Waals surface area (Å²) in [7, 11) is 0. The number of amides is 1. The number of nitrogens with two attached hydrogens (primary N) is 1. The van der Waals surface area contributed by atoms with Crippen molar-refractivity contribution in [1.82, 2.24) is 4.90 Å². The number of hydrogen-bond acceptors (Lipinski definition) is 5. The summed E-state index contributed by atoms with van der Waals surface area (Å²) < 4.78 is 5.49. The van der Waals surface area contributed by atoms with Crippen molar-refractivity contribution in [2.24, 2.45) is 11.7 Å². The maximum atomic E-state index is 12.5. The van der Waals surface area contributed by atoms with Crippen LogP contribution in [0.15, 0.2) is 17.5 Å². The number of carbonyl (C=O) groups excluding carboxylic acids is 1. The van der Waals surface area contributed by atoms with Gasteiger partial charge in [-0.1, -0.05) is 13.0 Å². The van der Waals surface area contributed by atoms with Gasteiger partial charge in [0.25, 0.3) is 0 Å². The van der Waals surface area contributed by atoms with Crippen molar-refractivity contribution in [3.8, 4) is 0 Å². The minimum atomic E-state index is -0.558. The van der Waals surface area contributed by atoms with Gasteiger partial charge in [0.1, 0.15) is 0 Å². The maximum Gasteiger partial charge on any atom is 0.227 e. The van der Waals surface area contributed by atoms with Crippen LogP contribution in [0.4, 0.5) is 0 Å². The molecule has 2 heterocycles. The Labute approximate surface area is 141 Å². The molecule has 2 rings (SSSR count). The zero-order valence-electron chi connectivity index (χ0n) is 13.0. The SMILES string of the molecule is CC(N)C(C)C(=O)N1CCOCC1CC(O)c1cccs1.Cl. The fourth-order valence-electron chi connectivity index (χ4n) is 2.48. The van der Waals surface area contributed by atoms with Gasteiger partial charge in [0.05, 0.1) is 31.3 Å². The number of thiophene rings is 1. The smallest absolute Gasteiger partial charge is 0.227 e. The highest BCUT2D eigenvalue weighted by atomic mass is 35.5. The molecule has 7 heteroatoms. The van der Waals surface area contributed by atoms with Crippen LogP contribution < -0.4 is 5.73 Å². The van der Waals surface area contributed by atoms with Crippen LogP contribution in [-0.4, -0.2) is 47.8 Å². The van der Waals surface area contributed by atoms with E-state index in [9.17, 15) is 9.90 Å². The summed E-state index contributed by atoms with van der Waals surface area (Å²) in [5.74, 6) is -0.166. The van der Waals surface area contributed by atoms with Crippen LogP contribution >= 0.6 is 23.7 Å². The molecule has 1 saturated heterocycles. The Hall–Kier alpha value is -0.660. The Morgan fingerprint density at radius 1 is 1.59 bits per heavy atom. The lowest BCUT2D eigenvalue weighted by molar-refractivity contribution is -0.145. The second-order valence-corrected chi connectivity index (χ2v) is 6.65. The van der Waals surface area contributed by atoms with E-state index in [0.29, 0.717) is 26.2 Å². The van der Waals surface area contributed by atoms with E-state index in [1.54, 1.807) is 0 Å². The first-order valence-electron chi connectivity index (χ1n) is 7.36. The topological polar surface area (TPSA) is 75.8 Å². The third kappa shape index (κ3) is 4.67. The average molecular weight is 349 g/mol. The number of nitrogens with zero attached hydrogens (tertiary/aromatic N) is 1. The van der Waals surface area contributed by atoms with Crippen LogP contribution in [-0.2, 0) is 9.53 Å². The minimum absolute atomic E-state index is 0. The van der Waals surface area contributed by atoms with Crippen molar-refractivity contribution >= 4 is 29.7 Å². The van der Waals surface area contributed by atoms with E-state index in [2.05, 4.69) is 0 Å². The van der Waals surface area contributed by atoms with Crippen LogP contribution in [0.5, 0.6) is 0 Å². The van der Waals surface area contributed by atoms with Crippen molar-refractivity contribution in [1.29, 1.82) is 0 Å². The molecule has 5 nitrogen and oxygen atoms in total. The molecule has 126 valence electrons. The van der Waals surface area contributed by atoms with E-state index in [0.717, 1.165) is 4.88 Å². The van der Waals surface area contributed by atoms with Gasteiger partial charge in [-0.25, -0.2) is 0 Å². The fourth-order valence-corrected chi connectivity index (χ4v) is 3.21. The molecule has 22 heavy (non-hydrogen) atoms. The van der Waals surface area contributed by atoms with Gasteiger partial charge < -0.3 is 20.5 Å². The predicted octanol–water partition coefficient (Wildman–Crippen LogP) is 1.80. The summed E-state index contributed by atoms with van der Waals surface area (Å²) in [5, 5.41) is 12.2. The number of rotatable bonds is 5. The number of ether oxygens (including phenoxy) is 1. The van der Waals surface area contributed by atoms with Crippen molar-refractivity contribution in [3.63, 3.8) is 0 Å². The number of hydrogen-bond donors (Lipinski definition) is 2. The summed E-state index contributed by atoms with van der Waals surface area (Å²) in [5.41, 5.74) is 5.84. The first-order valence-corrected chi connectivity index (χ1v) is 8.24. The average Bonchev–Trinajstić information content (AvgIpc) is 3.00. The van der Waals surface area contributed by atoms with Gasteiger partial charge in [0.15, 0.2) is 0 Å². The van der Waals surface area contributed by atoms with E-state index >= 15 is 0 Å². The molecule has 0 radical (unpaired) electrons. The van der Waals surface area contributed by atoms with Crippen LogP contribution in [0.2, 0.25) is 0 Å². The monoisotopic (exact) mass is 348 g/mol. The van der Waals surface area contributed by atoms with Gasteiger partial charge in [-0.15, -0.1) is 23.7 Å².